The SMILES string of the molecule is NC(C(=O)NCCC(=O)O)C(=O)NCCC(=O)O. The average Bonchev–Trinajstić information content (AvgIpc) is 2.26. The summed E-state index contributed by atoms with van der Waals surface area (Å²) in [6.07, 6.45) is -0.557. The molecule has 2 amide bonds. The van der Waals surface area contributed by atoms with Crippen LogP contribution in [0.5, 0.6) is 0 Å². The minimum Gasteiger partial charge on any atom is -0.481 e. The maximum Gasteiger partial charge on any atom is 0.305 e. The highest BCUT2D eigenvalue weighted by Gasteiger charge is 2.21. The second-order valence-electron chi connectivity index (χ2n) is 3.35. The number of carboxylic acids is 2. The fourth-order valence-electron chi connectivity index (χ4n) is 0.924. The van der Waals surface area contributed by atoms with E-state index in [4.69, 9.17) is 15.9 Å². The zero-order valence-electron chi connectivity index (χ0n) is 9.51. The van der Waals surface area contributed by atoms with Gasteiger partial charge in [0.2, 0.25) is 11.8 Å². The molecule has 6 N–H and O–H groups in total. The Hall–Kier alpha value is -2.16. The molecule has 0 atom stereocenters. The normalized spacial score (nSPS) is 9.89. The van der Waals surface area contributed by atoms with Gasteiger partial charge in [0.15, 0.2) is 6.04 Å². The van der Waals surface area contributed by atoms with Gasteiger partial charge in [-0.2, -0.15) is 0 Å². The van der Waals surface area contributed by atoms with Crippen LogP contribution in [0.4, 0.5) is 0 Å². The molecule has 0 aliphatic carbocycles. The van der Waals surface area contributed by atoms with Crippen LogP contribution in [0.25, 0.3) is 0 Å². The van der Waals surface area contributed by atoms with Crippen LogP contribution in [0.2, 0.25) is 0 Å². The number of carbonyl (C=O) groups excluding carboxylic acids is 2. The van der Waals surface area contributed by atoms with Crippen LogP contribution in [0.3, 0.4) is 0 Å². The summed E-state index contributed by atoms with van der Waals surface area (Å²) in [5.74, 6) is -3.81. The Labute approximate surface area is 102 Å². The molecular weight excluding hydrogens is 246 g/mol. The summed E-state index contributed by atoms with van der Waals surface area (Å²) in [5, 5.41) is 21.0. The highest BCUT2D eigenvalue weighted by atomic mass is 16.4. The molecule has 0 aromatic rings. The van der Waals surface area contributed by atoms with Gasteiger partial charge in [-0.1, -0.05) is 0 Å². The molecule has 0 heterocycles. The Morgan fingerprint density at radius 2 is 1.22 bits per heavy atom. The molecule has 0 aromatic carbocycles. The molecule has 0 rings (SSSR count). The van der Waals surface area contributed by atoms with Crippen molar-refractivity contribution in [2.45, 2.75) is 18.9 Å². The van der Waals surface area contributed by atoms with E-state index in [1.165, 1.54) is 0 Å². The van der Waals surface area contributed by atoms with Crippen LogP contribution in [-0.2, 0) is 19.2 Å². The summed E-state index contributed by atoms with van der Waals surface area (Å²) in [6, 6.07) is -1.49. The standard InChI is InChI=1S/C9H15N3O6/c10-7(8(17)11-3-1-5(13)14)9(18)12-4-2-6(15)16/h7H,1-4,10H2,(H,11,17)(H,12,18)(H,13,14)(H,15,16). The van der Waals surface area contributed by atoms with E-state index in [1.807, 2.05) is 0 Å². The second-order valence-corrected chi connectivity index (χ2v) is 3.35. The molecule has 9 nitrogen and oxygen atoms in total. The smallest absolute Gasteiger partial charge is 0.305 e. The quantitative estimate of drug-likeness (QED) is 0.302. The van der Waals surface area contributed by atoms with Crippen molar-refractivity contribution in [2.24, 2.45) is 5.73 Å². The largest absolute Gasteiger partial charge is 0.481 e. The number of hydrogen-bond acceptors (Lipinski definition) is 5. The van der Waals surface area contributed by atoms with E-state index in [1.54, 1.807) is 0 Å². The summed E-state index contributed by atoms with van der Waals surface area (Å²) in [6.45, 7) is -0.269. The number of hydrogen-bond donors (Lipinski definition) is 5. The van der Waals surface area contributed by atoms with Crippen molar-refractivity contribution in [1.29, 1.82) is 0 Å². The third-order valence-electron chi connectivity index (χ3n) is 1.84. The third kappa shape index (κ3) is 7.17. The van der Waals surface area contributed by atoms with E-state index in [2.05, 4.69) is 10.6 Å². The summed E-state index contributed by atoms with van der Waals surface area (Å²) < 4.78 is 0. The van der Waals surface area contributed by atoms with E-state index in [-0.39, 0.29) is 25.9 Å². The van der Waals surface area contributed by atoms with Crippen molar-refractivity contribution in [3.05, 3.63) is 0 Å². The minimum atomic E-state index is -1.49. The molecule has 102 valence electrons. The first kappa shape index (κ1) is 15.8. The van der Waals surface area contributed by atoms with Gasteiger partial charge >= 0.3 is 11.9 Å². The van der Waals surface area contributed by atoms with Crippen LogP contribution in [0.1, 0.15) is 12.8 Å². The van der Waals surface area contributed by atoms with E-state index in [0.29, 0.717) is 0 Å². The third-order valence-corrected chi connectivity index (χ3v) is 1.84. The van der Waals surface area contributed by atoms with Gasteiger partial charge in [-0.15, -0.1) is 0 Å². The highest BCUT2D eigenvalue weighted by Crippen LogP contribution is 1.84. The topological polar surface area (TPSA) is 159 Å². The molecule has 0 fully saturated rings. The minimum absolute atomic E-state index is 0.135. The van der Waals surface area contributed by atoms with E-state index < -0.39 is 29.8 Å². The van der Waals surface area contributed by atoms with Crippen LogP contribution in [0.15, 0.2) is 0 Å². The number of rotatable bonds is 8. The van der Waals surface area contributed by atoms with E-state index in [9.17, 15) is 19.2 Å². The summed E-state index contributed by atoms with van der Waals surface area (Å²) >= 11 is 0. The lowest BCUT2D eigenvalue weighted by molar-refractivity contribution is -0.138. The van der Waals surface area contributed by atoms with Gasteiger partial charge in [-0.3, -0.25) is 19.2 Å². The molecule has 9 heteroatoms. The van der Waals surface area contributed by atoms with Gasteiger partial charge in [0.05, 0.1) is 12.8 Å². The highest BCUT2D eigenvalue weighted by molar-refractivity contribution is 6.04. The fraction of sp³-hybridized carbons (Fsp3) is 0.556. The van der Waals surface area contributed by atoms with Gasteiger partial charge in [0.1, 0.15) is 0 Å². The molecule has 0 spiro atoms. The maximum absolute atomic E-state index is 11.3. The van der Waals surface area contributed by atoms with Crippen LogP contribution < -0.4 is 16.4 Å². The summed E-state index contributed by atoms with van der Waals surface area (Å²) in [7, 11) is 0. The Morgan fingerprint density at radius 3 is 1.50 bits per heavy atom. The van der Waals surface area contributed by atoms with Crippen molar-refractivity contribution in [3.8, 4) is 0 Å². The Balaban J connectivity index is 3.93. The molecule has 0 aliphatic heterocycles. The molecule has 0 aliphatic rings. The van der Waals surface area contributed by atoms with Crippen molar-refractivity contribution < 1.29 is 29.4 Å². The summed E-state index contributed by atoms with van der Waals surface area (Å²) in [4.78, 5) is 42.9. The van der Waals surface area contributed by atoms with Crippen molar-refractivity contribution in [3.63, 3.8) is 0 Å². The molecule has 18 heavy (non-hydrogen) atoms. The van der Waals surface area contributed by atoms with Crippen molar-refractivity contribution >= 4 is 23.8 Å². The number of carboxylic acid groups (broad SMARTS) is 2. The monoisotopic (exact) mass is 261 g/mol. The van der Waals surface area contributed by atoms with E-state index in [0.717, 1.165) is 0 Å². The number of amides is 2. The molecule has 0 radical (unpaired) electrons. The maximum atomic E-state index is 11.3. The number of carbonyl (C=O) groups is 4. The van der Waals surface area contributed by atoms with E-state index >= 15 is 0 Å². The van der Waals surface area contributed by atoms with Crippen LogP contribution >= 0.6 is 0 Å². The molecular formula is C9H15N3O6. The van der Waals surface area contributed by atoms with Gasteiger partial charge in [0.25, 0.3) is 0 Å². The number of nitrogens with two attached hydrogens (primary N) is 1. The van der Waals surface area contributed by atoms with Crippen LogP contribution in [0, 0.1) is 0 Å². The predicted octanol–water partition coefficient (Wildman–Crippen LogP) is -2.50. The lowest BCUT2D eigenvalue weighted by Gasteiger charge is -2.11. The average molecular weight is 261 g/mol. The fourth-order valence-corrected chi connectivity index (χ4v) is 0.924. The molecule has 0 saturated heterocycles. The lowest BCUT2D eigenvalue weighted by Crippen LogP contribution is -2.51. The molecule has 0 saturated carbocycles. The summed E-state index contributed by atoms with van der Waals surface area (Å²) in [5.41, 5.74) is 5.28. The van der Waals surface area contributed by atoms with Crippen molar-refractivity contribution in [2.75, 3.05) is 13.1 Å². The zero-order valence-corrected chi connectivity index (χ0v) is 9.51. The molecule has 0 aromatic heterocycles. The first-order chi connectivity index (χ1) is 8.34. The Morgan fingerprint density at radius 1 is 0.889 bits per heavy atom. The first-order valence-corrected chi connectivity index (χ1v) is 5.09. The number of aliphatic carboxylic acids is 2. The first-order valence-electron chi connectivity index (χ1n) is 5.09. The predicted molar refractivity (Wildman–Crippen MR) is 58.5 cm³/mol. The van der Waals surface area contributed by atoms with Crippen molar-refractivity contribution in [1.82, 2.24) is 10.6 Å². The molecule has 0 bridgehead atoms. The second kappa shape index (κ2) is 8.01. The zero-order chi connectivity index (χ0) is 14.1. The number of nitrogens with one attached hydrogen (secondary N) is 2. The van der Waals surface area contributed by atoms with Gasteiger partial charge in [-0.25, -0.2) is 0 Å². The van der Waals surface area contributed by atoms with Gasteiger partial charge in [0, 0.05) is 13.1 Å². The molecule has 0 unspecified atom stereocenters. The van der Waals surface area contributed by atoms with Gasteiger partial charge in [-0.05, 0) is 0 Å². The Bertz CT molecular complexity index is 311. The Kier molecular flexibility index (Phi) is 7.05. The van der Waals surface area contributed by atoms with Crippen LogP contribution in [-0.4, -0.2) is 53.1 Å². The van der Waals surface area contributed by atoms with Gasteiger partial charge < -0.3 is 26.6 Å². The lowest BCUT2D eigenvalue weighted by atomic mass is 10.2.